The highest BCUT2D eigenvalue weighted by atomic mass is 16.6. The van der Waals surface area contributed by atoms with Gasteiger partial charge in [-0.2, -0.15) is 5.10 Å². The van der Waals surface area contributed by atoms with Crippen LogP contribution in [-0.2, 0) is 16.1 Å². The summed E-state index contributed by atoms with van der Waals surface area (Å²) in [7, 11) is 0. The molecule has 1 aliphatic heterocycles. The second kappa shape index (κ2) is 5.83. The maximum atomic E-state index is 12.2. The Labute approximate surface area is 129 Å². The fourth-order valence-electron chi connectivity index (χ4n) is 2.83. The first kappa shape index (κ1) is 14.6. The standard InChI is InChI=1S/C17H20N2O3/c1-11-10-12(2)19(18-11)8-9-21-17(20)16-13(3)14-6-4-5-7-15(14)22-16/h4-7,10,13,16H,8-9H2,1-3H3. The number of hydrogen-bond acceptors (Lipinski definition) is 4. The predicted octanol–water partition coefficient (Wildman–Crippen LogP) is 2.61. The van der Waals surface area contributed by atoms with Gasteiger partial charge in [0.15, 0.2) is 0 Å². The minimum absolute atomic E-state index is 0.0115. The number of aromatic nitrogens is 2. The summed E-state index contributed by atoms with van der Waals surface area (Å²) in [4.78, 5) is 12.2. The molecule has 5 heteroatoms. The second-order valence-electron chi connectivity index (χ2n) is 5.68. The molecule has 2 atom stereocenters. The Morgan fingerprint density at radius 3 is 2.82 bits per heavy atom. The molecule has 0 bridgehead atoms. The number of carbonyl (C=O) groups excluding carboxylic acids is 1. The zero-order valence-corrected chi connectivity index (χ0v) is 13.1. The number of fused-ring (bicyclic) bond motifs is 1. The number of rotatable bonds is 4. The average Bonchev–Trinajstić information content (AvgIpc) is 2.99. The van der Waals surface area contributed by atoms with E-state index in [1.807, 2.05) is 55.8 Å². The van der Waals surface area contributed by atoms with Gasteiger partial charge in [0.2, 0.25) is 6.10 Å². The van der Waals surface area contributed by atoms with E-state index in [2.05, 4.69) is 5.10 Å². The number of ether oxygens (including phenoxy) is 2. The number of aryl methyl sites for hydroxylation is 2. The summed E-state index contributed by atoms with van der Waals surface area (Å²) in [5.41, 5.74) is 3.08. The van der Waals surface area contributed by atoms with Crippen molar-refractivity contribution in [3.8, 4) is 5.75 Å². The molecule has 3 rings (SSSR count). The molecule has 0 radical (unpaired) electrons. The molecular weight excluding hydrogens is 280 g/mol. The number of hydrogen-bond donors (Lipinski definition) is 0. The van der Waals surface area contributed by atoms with Crippen molar-refractivity contribution in [2.24, 2.45) is 0 Å². The van der Waals surface area contributed by atoms with Crippen LogP contribution in [0.25, 0.3) is 0 Å². The van der Waals surface area contributed by atoms with E-state index in [0.29, 0.717) is 13.2 Å². The van der Waals surface area contributed by atoms with E-state index in [4.69, 9.17) is 9.47 Å². The van der Waals surface area contributed by atoms with Crippen molar-refractivity contribution in [3.63, 3.8) is 0 Å². The van der Waals surface area contributed by atoms with Crippen molar-refractivity contribution >= 4 is 5.97 Å². The maximum absolute atomic E-state index is 12.2. The summed E-state index contributed by atoms with van der Waals surface area (Å²) in [5.74, 6) is 0.470. The minimum atomic E-state index is -0.558. The number of benzene rings is 1. The molecule has 0 spiro atoms. The van der Waals surface area contributed by atoms with Gasteiger partial charge in [-0.3, -0.25) is 4.68 Å². The van der Waals surface area contributed by atoms with Crippen molar-refractivity contribution in [1.29, 1.82) is 0 Å². The van der Waals surface area contributed by atoms with Crippen LogP contribution in [0.2, 0.25) is 0 Å². The van der Waals surface area contributed by atoms with Crippen LogP contribution < -0.4 is 4.74 Å². The fraction of sp³-hybridized carbons (Fsp3) is 0.412. The summed E-state index contributed by atoms with van der Waals surface area (Å²) in [6, 6.07) is 9.73. The summed E-state index contributed by atoms with van der Waals surface area (Å²) < 4.78 is 12.9. The van der Waals surface area contributed by atoms with Crippen molar-refractivity contribution < 1.29 is 14.3 Å². The van der Waals surface area contributed by atoms with E-state index in [-0.39, 0.29) is 11.9 Å². The largest absolute Gasteiger partial charge is 0.478 e. The Morgan fingerprint density at radius 2 is 2.14 bits per heavy atom. The normalized spacial score (nSPS) is 19.6. The van der Waals surface area contributed by atoms with Gasteiger partial charge < -0.3 is 9.47 Å². The van der Waals surface area contributed by atoms with Gasteiger partial charge in [-0.15, -0.1) is 0 Å². The summed E-state index contributed by atoms with van der Waals surface area (Å²) in [6.07, 6.45) is -0.558. The minimum Gasteiger partial charge on any atom is -0.478 e. The third-order valence-electron chi connectivity index (χ3n) is 4.00. The Kier molecular flexibility index (Phi) is 3.88. The third kappa shape index (κ3) is 2.71. The van der Waals surface area contributed by atoms with Crippen molar-refractivity contribution in [2.75, 3.05) is 6.61 Å². The fourth-order valence-corrected chi connectivity index (χ4v) is 2.83. The highest BCUT2D eigenvalue weighted by Crippen LogP contribution is 2.37. The molecule has 0 amide bonds. The zero-order valence-electron chi connectivity index (χ0n) is 13.1. The van der Waals surface area contributed by atoms with Crippen LogP contribution in [0.1, 0.15) is 29.8 Å². The van der Waals surface area contributed by atoms with Crippen molar-refractivity contribution in [2.45, 2.75) is 39.3 Å². The molecule has 1 aliphatic rings. The Hall–Kier alpha value is -2.30. The van der Waals surface area contributed by atoms with E-state index in [1.165, 1.54) is 0 Å². The zero-order chi connectivity index (χ0) is 15.7. The highest BCUT2D eigenvalue weighted by Gasteiger charge is 2.37. The molecule has 116 valence electrons. The topological polar surface area (TPSA) is 53.4 Å². The molecule has 5 nitrogen and oxygen atoms in total. The van der Waals surface area contributed by atoms with E-state index >= 15 is 0 Å². The van der Waals surface area contributed by atoms with Gasteiger partial charge in [0.05, 0.1) is 12.2 Å². The van der Waals surface area contributed by atoms with Crippen LogP contribution >= 0.6 is 0 Å². The molecule has 2 unspecified atom stereocenters. The van der Waals surface area contributed by atoms with Gasteiger partial charge in [0.25, 0.3) is 0 Å². The number of esters is 1. The van der Waals surface area contributed by atoms with Gasteiger partial charge in [0.1, 0.15) is 12.4 Å². The van der Waals surface area contributed by atoms with Crippen LogP contribution in [-0.4, -0.2) is 28.5 Å². The van der Waals surface area contributed by atoms with Crippen LogP contribution in [0, 0.1) is 13.8 Å². The molecule has 0 saturated carbocycles. The lowest BCUT2D eigenvalue weighted by molar-refractivity contribution is -0.152. The molecule has 2 heterocycles. The van der Waals surface area contributed by atoms with Crippen LogP contribution in [0.4, 0.5) is 0 Å². The molecule has 0 saturated heterocycles. The average molecular weight is 300 g/mol. The molecule has 1 aromatic carbocycles. The second-order valence-corrected chi connectivity index (χ2v) is 5.68. The Balaban J connectivity index is 1.56. The number of nitrogens with zero attached hydrogens (tertiary/aromatic N) is 2. The quantitative estimate of drug-likeness (QED) is 0.815. The summed E-state index contributed by atoms with van der Waals surface area (Å²) in [5, 5.41) is 4.35. The number of para-hydroxylation sites is 1. The van der Waals surface area contributed by atoms with Gasteiger partial charge in [-0.05, 0) is 26.0 Å². The molecule has 0 aliphatic carbocycles. The SMILES string of the molecule is Cc1cc(C)n(CCOC(=O)C2Oc3ccccc3C2C)n1. The summed E-state index contributed by atoms with van der Waals surface area (Å²) in [6.45, 7) is 6.77. The van der Waals surface area contributed by atoms with Gasteiger partial charge in [-0.25, -0.2) is 4.79 Å². The van der Waals surface area contributed by atoms with E-state index in [9.17, 15) is 4.79 Å². The lowest BCUT2D eigenvalue weighted by atomic mass is 9.98. The Morgan fingerprint density at radius 1 is 1.36 bits per heavy atom. The molecule has 0 fully saturated rings. The van der Waals surface area contributed by atoms with E-state index in [0.717, 1.165) is 22.7 Å². The van der Waals surface area contributed by atoms with Crippen LogP contribution in [0.15, 0.2) is 30.3 Å². The first-order valence-electron chi connectivity index (χ1n) is 7.49. The molecule has 0 N–H and O–H groups in total. The van der Waals surface area contributed by atoms with Crippen molar-refractivity contribution in [3.05, 3.63) is 47.3 Å². The number of carbonyl (C=O) groups is 1. The van der Waals surface area contributed by atoms with Gasteiger partial charge in [-0.1, -0.05) is 25.1 Å². The van der Waals surface area contributed by atoms with Crippen LogP contribution in [0.5, 0.6) is 5.75 Å². The van der Waals surface area contributed by atoms with Gasteiger partial charge in [0, 0.05) is 17.2 Å². The Bertz CT molecular complexity index is 693. The molecule has 1 aromatic heterocycles. The van der Waals surface area contributed by atoms with E-state index < -0.39 is 6.10 Å². The third-order valence-corrected chi connectivity index (χ3v) is 4.00. The lowest BCUT2D eigenvalue weighted by Crippen LogP contribution is -2.30. The predicted molar refractivity (Wildman–Crippen MR) is 81.9 cm³/mol. The first-order valence-corrected chi connectivity index (χ1v) is 7.49. The lowest BCUT2D eigenvalue weighted by Gasteiger charge is -2.14. The molecular formula is C17H20N2O3. The maximum Gasteiger partial charge on any atom is 0.348 e. The van der Waals surface area contributed by atoms with Crippen molar-refractivity contribution in [1.82, 2.24) is 9.78 Å². The van der Waals surface area contributed by atoms with Crippen LogP contribution in [0.3, 0.4) is 0 Å². The summed E-state index contributed by atoms with van der Waals surface area (Å²) >= 11 is 0. The molecule has 22 heavy (non-hydrogen) atoms. The molecule has 2 aromatic rings. The van der Waals surface area contributed by atoms with E-state index in [1.54, 1.807) is 0 Å². The monoisotopic (exact) mass is 300 g/mol. The highest BCUT2D eigenvalue weighted by molar-refractivity contribution is 5.78. The van der Waals surface area contributed by atoms with Gasteiger partial charge >= 0.3 is 5.97 Å². The smallest absolute Gasteiger partial charge is 0.348 e. The first-order chi connectivity index (χ1) is 10.6.